The summed E-state index contributed by atoms with van der Waals surface area (Å²) >= 11 is 6.15. The summed E-state index contributed by atoms with van der Waals surface area (Å²) in [4.78, 5) is -0.601. The second-order valence-electron chi connectivity index (χ2n) is 4.03. The molecule has 4 N–H and O–H groups in total. The quantitative estimate of drug-likeness (QED) is 0.384. The van der Waals surface area contributed by atoms with Gasteiger partial charge in [0, 0.05) is 0 Å². The van der Waals surface area contributed by atoms with Crippen LogP contribution in [0.4, 0.5) is 0 Å². The van der Waals surface area contributed by atoms with Crippen LogP contribution in [0.25, 0.3) is 0 Å². The van der Waals surface area contributed by atoms with E-state index in [1.165, 1.54) is 0 Å². The fraction of sp³-hybridized carbons (Fsp3) is 1.00. The fourth-order valence-electron chi connectivity index (χ4n) is 1.16. The molecule has 5 heteroatoms. The molecule has 0 fully saturated rings. The number of halogens is 1. The highest BCUT2D eigenvalue weighted by Gasteiger charge is 2.18. The number of alkyl halides is 1. The number of azo groups is 1. The predicted molar refractivity (Wildman–Crippen MR) is 65.2 cm³/mol. The summed E-state index contributed by atoms with van der Waals surface area (Å²) in [5, 5.41) is 8.32. The van der Waals surface area contributed by atoms with Crippen LogP contribution in [0, 0.1) is 0 Å². The Bertz CT molecular complexity index is 182. The molecule has 0 rings (SSSR count). The SMILES string of the molecule is CC(CCCN)N=NC(C)(Cl)CCCN. The molecule has 0 aliphatic rings. The summed E-state index contributed by atoms with van der Waals surface area (Å²) in [6.07, 6.45) is 3.57. The molecule has 15 heavy (non-hydrogen) atoms. The van der Waals surface area contributed by atoms with E-state index in [-0.39, 0.29) is 6.04 Å². The maximum absolute atomic E-state index is 6.15. The lowest BCUT2D eigenvalue weighted by molar-refractivity contribution is 0.510. The Kier molecular flexibility index (Phi) is 7.92. The van der Waals surface area contributed by atoms with Gasteiger partial charge in [-0.05, 0) is 52.6 Å². The van der Waals surface area contributed by atoms with Crippen LogP contribution in [0.5, 0.6) is 0 Å². The van der Waals surface area contributed by atoms with Gasteiger partial charge in [-0.3, -0.25) is 0 Å². The summed E-state index contributed by atoms with van der Waals surface area (Å²) in [7, 11) is 0. The molecule has 90 valence electrons. The minimum Gasteiger partial charge on any atom is -0.330 e. The largest absolute Gasteiger partial charge is 0.330 e. The zero-order chi connectivity index (χ0) is 11.7. The first kappa shape index (κ1) is 14.8. The van der Waals surface area contributed by atoms with Crippen molar-refractivity contribution in [2.75, 3.05) is 13.1 Å². The molecule has 0 saturated carbocycles. The van der Waals surface area contributed by atoms with E-state index in [4.69, 9.17) is 23.1 Å². The normalized spacial score (nSPS) is 17.9. The van der Waals surface area contributed by atoms with Crippen LogP contribution < -0.4 is 11.5 Å². The number of nitrogens with two attached hydrogens (primary N) is 2. The van der Waals surface area contributed by atoms with E-state index < -0.39 is 5.00 Å². The van der Waals surface area contributed by atoms with Crippen LogP contribution in [0.2, 0.25) is 0 Å². The van der Waals surface area contributed by atoms with Gasteiger partial charge in [0.2, 0.25) is 0 Å². The average Bonchev–Trinajstić information content (AvgIpc) is 2.21. The Labute approximate surface area is 97.5 Å². The molecule has 2 unspecified atom stereocenters. The van der Waals surface area contributed by atoms with Gasteiger partial charge in [-0.2, -0.15) is 10.2 Å². The highest BCUT2D eigenvalue weighted by molar-refractivity contribution is 6.23. The summed E-state index contributed by atoms with van der Waals surface area (Å²) < 4.78 is 0. The van der Waals surface area contributed by atoms with Gasteiger partial charge < -0.3 is 11.5 Å². The minimum atomic E-state index is -0.601. The Balaban J connectivity index is 3.89. The average molecular weight is 235 g/mol. The van der Waals surface area contributed by atoms with E-state index in [9.17, 15) is 0 Å². The second kappa shape index (κ2) is 8.02. The van der Waals surface area contributed by atoms with Gasteiger partial charge >= 0.3 is 0 Å². The molecule has 0 aromatic heterocycles. The van der Waals surface area contributed by atoms with Gasteiger partial charge in [-0.15, -0.1) is 0 Å². The molecule has 0 saturated heterocycles. The first-order chi connectivity index (χ1) is 7.02. The second-order valence-corrected chi connectivity index (χ2v) is 4.84. The zero-order valence-corrected chi connectivity index (χ0v) is 10.5. The van der Waals surface area contributed by atoms with Gasteiger partial charge in [-0.1, -0.05) is 11.6 Å². The first-order valence-corrected chi connectivity index (χ1v) is 5.90. The number of nitrogens with zero attached hydrogens (tertiary/aromatic N) is 2. The van der Waals surface area contributed by atoms with E-state index in [0.717, 1.165) is 25.7 Å². The number of hydrogen-bond acceptors (Lipinski definition) is 4. The molecule has 0 amide bonds. The van der Waals surface area contributed by atoms with Gasteiger partial charge in [0.05, 0.1) is 6.04 Å². The summed E-state index contributed by atoms with van der Waals surface area (Å²) in [6, 6.07) is 0.199. The Morgan fingerprint density at radius 2 is 1.87 bits per heavy atom. The Morgan fingerprint density at radius 3 is 2.40 bits per heavy atom. The third-order valence-electron chi connectivity index (χ3n) is 2.13. The van der Waals surface area contributed by atoms with Crippen molar-refractivity contribution in [3.63, 3.8) is 0 Å². The third-order valence-corrected chi connectivity index (χ3v) is 2.39. The molecule has 0 aromatic rings. The highest BCUT2D eigenvalue weighted by atomic mass is 35.5. The van der Waals surface area contributed by atoms with Crippen molar-refractivity contribution in [1.82, 2.24) is 0 Å². The van der Waals surface area contributed by atoms with Gasteiger partial charge in [0.25, 0.3) is 0 Å². The molecule has 0 heterocycles. The third kappa shape index (κ3) is 8.78. The number of rotatable bonds is 8. The zero-order valence-electron chi connectivity index (χ0n) is 9.75. The lowest BCUT2D eigenvalue weighted by Gasteiger charge is -2.15. The standard InChI is InChI=1S/C10H23ClN4/c1-9(5-3-7-12)14-15-10(2,11)6-4-8-13/h9H,3-8,12-13H2,1-2H3. The Morgan fingerprint density at radius 1 is 1.27 bits per heavy atom. The molecule has 0 aromatic carbocycles. The van der Waals surface area contributed by atoms with Crippen molar-refractivity contribution in [3.8, 4) is 0 Å². The molecule has 0 aliphatic carbocycles. The summed E-state index contributed by atoms with van der Waals surface area (Å²) in [6.45, 7) is 5.23. The van der Waals surface area contributed by atoms with E-state index in [0.29, 0.717) is 13.1 Å². The highest BCUT2D eigenvalue weighted by Crippen LogP contribution is 2.23. The van der Waals surface area contributed by atoms with Crippen LogP contribution in [0.1, 0.15) is 39.5 Å². The molecule has 4 nitrogen and oxygen atoms in total. The predicted octanol–water partition coefficient (Wildman–Crippen LogP) is 2.26. The van der Waals surface area contributed by atoms with Crippen LogP contribution in [-0.4, -0.2) is 24.1 Å². The van der Waals surface area contributed by atoms with Crippen molar-refractivity contribution in [2.24, 2.45) is 21.7 Å². The molecular formula is C10H23ClN4. The van der Waals surface area contributed by atoms with Gasteiger partial charge in [-0.25, -0.2) is 0 Å². The van der Waals surface area contributed by atoms with Crippen LogP contribution in [0.15, 0.2) is 10.2 Å². The van der Waals surface area contributed by atoms with E-state index >= 15 is 0 Å². The van der Waals surface area contributed by atoms with E-state index in [1.54, 1.807) is 0 Å². The topological polar surface area (TPSA) is 76.8 Å². The first-order valence-electron chi connectivity index (χ1n) is 5.53. The lowest BCUT2D eigenvalue weighted by Crippen LogP contribution is -2.15. The van der Waals surface area contributed by atoms with E-state index in [1.807, 2.05) is 13.8 Å². The van der Waals surface area contributed by atoms with Crippen LogP contribution in [-0.2, 0) is 0 Å². The molecule has 0 radical (unpaired) electrons. The maximum Gasteiger partial charge on any atom is 0.152 e. The number of hydrogen-bond donors (Lipinski definition) is 2. The smallest absolute Gasteiger partial charge is 0.152 e. The maximum atomic E-state index is 6.15. The van der Waals surface area contributed by atoms with Gasteiger partial charge in [0.1, 0.15) is 0 Å². The lowest BCUT2D eigenvalue weighted by atomic mass is 10.2. The van der Waals surface area contributed by atoms with Crippen molar-refractivity contribution >= 4 is 11.6 Å². The Hall–Kier alpha value is -0.190. The van der Waals surface area contributed by atoms with Crippen molar-refractivity contribution in [2.45, 2.75) is 50.6 Å². The summed E-state index contributed by atoms with van der Waals surface area (Å²) in [5.74, 6) is 0. The monoisotopic (exact) mass is 234 g/mol. The molecule has 0 bridgehead atoms. The molecule has 0 spiro atoms. The fourth-order valence-corrected chi connectivity index (χ4v) is 1.34. The van der Waals surface area contributed by atoms with Crippen molar-refractivity contribution in [3.05, 3.63) is 0 Å². The van der Waals surface area contributed by atoms with E-state index in [2.05, 4.69) is 10.2 Å². The van der Waals surface area contributed by atoms with Crippen LogP contribution >= 0.6 is 11.6 Å². The summed E-state index contributed by atoms with van der Waals surface area (Å²) in [5.41, 5.74) is 10.8. The van der Waals surface area contributed by atoms with Gasteiger partial charge in [0.15, 0.2) is 5.00 Å². The molecule has 0 aliphatic heterocycles. The van der Waals surface area contributed by atoms with Crippen molar-refractivity contribution < 1.29 is 0 Å². The molecular weight excluding hydrogens is 212 g/mol. The molecule has 2 atom stereocenters. The minimum absolute atomic E-state index is 0.199. The van der Waals surface area contributed by atoms with Crippen molar-refractivity contribution in [1.29, 1.82) is 0 Å². The van der Waals surface area contributed by atoms with Crippen LogP contribution in [0.3, 0.4) is 0 Å².